The molecule has 0 aliphatic carbocycles. The van der Waals surface area contributed by atoms with Gasteiger partial charge in [0, 0.05) is 38.1 Å². The highest BCUT2D eigenvalue weighted by Crippen LogP contribution is 2.20. The number of aromatic nitrogens is 1. The largest absolute Gasteiger partial charge is 0.384 e. The quantitative estimate of drug-likeness (QED) is 0.910. The van der Waals surface area contributed by atoms with Gasteiger partial charge in [0.15, 0.2) is 0 Å². The van der Waals surface area contributed by atoms with Crippen LogP contribution in [0.15, 0.2) is 12.1 Å². The predicted octanol–water partition coefficient (Wildman–Crippen LogP) is 1.72. The van der Waals surface area contributed by atoms with Crippen LogP contribution in [0.3, 0.4) is 0 Å². The fourth-order valence-electron chi connectivity index (χ4n) is 2.64. The lowest BCUT2D eigenvalue weighted by Gasteiger charge is -2.31. The number of pyridine rings is 1. The summed E-state index contributed by atoms with van der Waals surface area (Å²) in [6.45, 7) is 4.36. The molecule has 1 aromatic rings. The molecule has 0 unspecified atom stereocenters. The first-order chi connectivity index (χ1) is 9.63. The van der Waals surface area contributed by atoms with Crippen LogP contribution in [0.5, 0.6) is 0 Å². The molecule has 1 amide bonds. The van der Waals surface area contributed by atoms with Gasteiger partial charge in [0.25, 0.3) is 5.91 Å². The van der Waals surface area contributed by atoms with E-state index in [1.807, 2.05) is 17.9 Å². The second kappa shape index (κ2) is 6.70. The van der Waals surface area contributed by atoms with Crippen LogP contribution in [-0.4, -0.2) is 42.6 Å². The van der Waals surface area contributed by atoms with Gasteiger partial charge in [-0.05, 0) is 37.3 Å². The average Bonchev–Trinajstić information content (AvgIpc) is 2.47. The molecule has 110 valence electrons. The zero-order chi connectivity index (χ0) is 14.5. The number of nitrogen functional groups attached to an aromatic ring is 1. The topological polar surface area (TPSA) is 68.5 Å². The van der Waals surface area contributed by atoms with Crippen molar-refractivity contribution in [3.8, 4) is 0 Å². The van der Waals surface area contributed by atoms with Crippen molar-refractivity contribution >= 4 is 11.7 Å². The van der Waals surface area contributed by atoms with Crippen molar-refractivity contribution < 1.29 is 9.53 Å². The van der Waals surface area contributed by atoms with Crippen LogP contribution in [0.2, 0.25) is 0 Å². The molecular formula is C15H23N3O2. The maximum absolute atomic E-state index is 12.5. The highest BCUT2D eigenvalue weighted by Gasteiger charge is 2.24. The minimum Gasteiger partial charge on any atom is -0.384 e. The summed E-state index contributed by atoms with van der Waals surface area (Å²) in [6, 6.07) is 3.52. The minimum absolute atomic E-state index is 0.0599. The van der Waals surface area contributed by atoms with Crippen molar-refractivity contribution in [2.75, 3.05) is 32.5 Å². The molecule has 2 N–H and O–H groups in total. The van der Waals surface area contributed by atoms with Crippen LogP contribution < -0.4 is 5.73 Å². The van der Waals surface area contributed by atoms with E-state index in [4.69, 9.17) is 10.5 Å². The molecular weight excluding hydrogens is 254 g/mol. The van der Waals surface area contributed by atoms with Gasteiger partial charge in [0.05, 0.1) is 0 Å². The molecule has 5 heteroatoms. The molecule has 0 spiro atoms. The lowest BCUT2D eigenvalue weighted by Crippen LogP contribution is -2.39. The minimum atomic E-state index is 0.0599. The lowest BCUT2D eigenvalue weighted by atomic mass is 9.97. The molecule has 20 heavy (non-hydrogen) atoms. The van der Waals surface area contributed by atoms with Crippen molar-refractivity contribution in [1.29, 1.82) is 0 Å². The Morgan fingerprint density at radius 3 is 2.75 bits per heavy atom. The van der Waals surface area contributed by atoms with E-state index in [0.717, 1.165) is 44.7 Å². The van der Waals surface area contributed by atoms with Gasteiger partial charge >= 0.3 is 0 Å². The molecule has 1 fully saturated rings. The summed E-state index contributed by atoms with van der Waals surface area (Å²) in [4.78, 5) is 18.6. The number of hydrogen-bond acceptors (Lipinski definition) is 4. The van der Waals surface area contributed by atoms with Crippen molar-refractivity contribution in [3.05, 3.63) is 23.4 Å². The van der Waals surface area contributed by atoms with E-state index < -0.39 is 0 Å². The predicted molar refractivity (Wildman–Crippen MR) is 78.5 cm³/mol. The van der Waals surface area contributed by atoms with Crippen LogP contribution in [-0.2, 0) is 11.2 Å². The SMILES string of the molecule is CCc1cc(C(=O)N2CCC(COC)CC2)cc(N)n1. The van der Waals surface area contributed by atoms with Gasteiger partial charge in [-0.2, -0.15) is 0 Å². The molecule has 0 aromatic carbocycles. The first kappa shape index (κ1) is 14.8. The van der Waals surface area contributed by atoms with Gasteiger partial charge in [-0.15, -0.1) is 0 Å². The third-order valence-electron chi connectivity index (χ3n) is 3.81. The van der Waals surface area contributed by atoms with Crippen molar-refractivity contribution in [2.45, 2.75) is 26.2 Å². The molecule has 1 aromatic heterocycles. The highest BCUT2D eigenvalue weighted by molar-refractivity contribution is 5.95. The highest BCUT2D eigenvalue weighted by atomic mass is 16.5. The van der Waals surface area contributed by atoms with E-state index in [-0.39, 0.29) is 5.91 Å². The Morgan fingerprint density at radius 2 is 2.15 bits per heavy atom. The molecule has 5 nitrogen and oxygen atoms in total. The Kier molecular flexibility index (Phi) is 4.95. The second-order valence-electron chi connectivity index (χ2n) is 5.32. The molecule has 1 saturated heterocycles. The maximum Gasteiger partial charge on any atom is 0.254 e. The summed E-state index contributed by atoms with van der Waals surface area (Å²) in [6.07, 6.45) is 2.78. The summed E-state index contributed by atoms with van der Waals surface area (Å²) in [5.74, 6) is 1.05. The summed E-state index contributed by atoms with van der Waals surface area (Å²) in [5, 5.41) is 0. The monoisotopic (exact) mass is 277 g/mol. The number of hydrogen-bond donors (Lipinski definition) is 1. The van der Waals surface area contributed by atoms with Gasteiger partial charge in [-0.1, -0.05) is 6.92 Å². The number of likely N-dealkylation sites (tertiary alicyclic amines) is 1. The standard InChI is InChI=1S/C15H23N3O2/c1-3-13-8-12(9-14(16)17-13)15(19)18-6-4-11(5-7-18)10-20-2/h8-9,11H,3-7,10H2,1-2H3,(H2,16,17). The smallest absolute Gasteiger partial charge is 0.254 e. The molecule has 0 saturated carbocycles. The van der Waals surface area contributed by atoms with E-state index in [1.54, 1.807) is 13.2 Å². The van der Waals surface area contributed by atoms with E-state index in [0.29, 0.717) is 17.3 Å². The Morgan fingerprint density at radius 1 is 1.45 bits per heavy atom. The number of rotatable bonds is 4. The Labute approximate surface area is 120 Å². The second-order valence-corrected chi connectivity index (χ2v) is 5.32. The summed E-state index contributed by atoms with van der Waals surface area (Å²) in [5.41, 5.74) is 7.28. The normalized spacial score (nSPS) is 16.4. The zero-order valence-corrected chi connectivity index (χ0v) is 12.3. The third-order valence-corrected chi connectivity index (χ3v) is 3.81. The average molecular weight is 277 g/mol. The fraction of sp³-hybridized carbons (Fsp3) is 0.600. The van der Waals surface area contributed by atoms with Gasteiger partial charge in [0.2, 0.25) is 0 Å². The van der Waals surface area contributed by atoms with Crippen molar-refractivity contribution in [2.24, 2.45) is 5.92 Å². The zero-order valence-electron chi connectivity index (χ0n) is 12.3. The summed E-state index contributed by atoms with van der Waals surface area (Å²) < 4.78 is 5.18. The number of piperidine rings is 1. The first-order valence-electron chi connectivity index (χ1n) is 7.18. The van der Waals surface area contributed by atoms with Crippen molar-refractivity contribution in [1.82, 2.24) is 9.88 Å². The summed E-state index contributed by atoms with van der Waals surface area (Å²) >= 11 is 0. The Hall–Kier alpha value is -1.62. The fourth-order valence-corrected chi connectivity index (χ4v) is 2.64. The molecule has 1 aliphatic rings. The van der Waals surface area contributed by atoms with Crippen LogP contribution in [0.4, 0.5) is 5.82 Å². The summed E-state index contributed by atoms with van der Waals surface area (Å²) in [7, 11) is 1.73. The molecule has 0 bridgehead atoms. The third kappa shape index (κ3) is 3.48. The van der Waals surface area contributed by atoms with Gasteiger partial charge in [-0.3, -0.25) is 4.79 Å². The number of nitrogens with zero attached hydrogens (tertiary/aromatic N) is 2. The van der Waals surface area contributed by atoms with E-state index in [2.05, 4.69) is 4.98 Å². The molecule has 0 radical (unpaired) electrons. The van der Waals surface area contributed by atoms with Gasteiger partial charge in [-0.25, -0.2) is 4.98 Å². The molecule has 1 aliphatic heterocycles. The number of carbonyl (C=O) groups is 1. The Bertz CT molecular complexity index is 468. The van der Waals surface area contributed by atoms with E-state index >= 15 is 0 Å². The van der Waals surface area contributed by atoms with Crippen LogP contribution in [0.1, 0.15) is 35.8 Å². The number of anilines is 1. The molecule has 2 heterocycles. The maximum atomic E-state index is 12.5. The molecule has 2 rings (SSSR count). The van der Waals surface area contributed by atoms with Gasteiger partial charge < -0.3 is 15.4 Å². The Balaban J connectivity index is 2.03. The number of ether oxygens (including phenoxy) is 1. The molecule has 0 atom stereocenters. The van der Waals surface area contributed by atoms with Crippen LogP contribution in [0.25, 0.3) is 0 Å². The number of carbonyl (C=O) groups excluding carboxylic acids is 1. The first-order valence-corrected chi connectivity index (χ1v) is 7.18. The van der Waals surface area contributed by atoms with Crippen molar-refractivity contribution in [3.63, 3.8) is 0 Å². The number of methoxy groups -OCH3 is 1. The number of aryl methyl sites for hydroxylation is 1. The van der Waals surface area contributed by atoms with E-state index in [9.17, 15) is 4.79 Å². The van der Waals surface area contributed by atoms with Crippen LogP contribution >= 0.6 is 0 Å². The number of nitrogens with two attached hydrogens (primary N) is 1. The van der Waals surface area contributed by atoms with Crippen LogP contribution in [0, 0.1) is 5.92 Å². The number of amides is 1. The van der Waals surface area contributed by atoms with Gasteiger partial charge in [0.1, 0.15) is 5.82 Å². The lowest BCUT2D eigenvalue weighted by molar-refractivity contribution is 0.0613. The van der Waals surface area contributed by atoms with E-state index in [1.165, 1.54) is 0 Å².